The molecule has 4 rings (SSSR count). The Morgan fingerprint density at radius 2 is 2.04 bits per heavy atom. The average molecular weight is 333 g/mol. The van der Waals surface area contributed by atoms with E-state index in [-0.39, 0.29) is 5.91 Å². The van der Waals surface area contributed by atoms with Crippen molar-refractivity contribution < 1.29 is 9.53 Å². The zero-order chi connectivity index (χ0) is 17.2. The highest BCUT2D eigenvalue weighted by Gasteiger charge is 2.23. The van der Waals surface area contributed by atoms with Crippen molar-refractivity contribution in [2.24, 2.45) is 0 Å². The number of carbonyl (C=O) groups is 1. The molecular weight excluding hydrogens is 314 g/mol. The summed E-state index contributed by atoms with van der Waals surface area (Å²) in [6, 6.07) is 17.7. The summed E-state index contributed by atoms with van der Waals surface area (Å²) in [7, 11) is 1.64. The Morgan fingerprint density at radius 3 is 2.84 bits per heavy atom. The van der Waals surface area contributed by atoms with Gasteiger partial charge in [-0.15, -0.1) is 0 Å². The number of hydrazine groups is 1. The molecule has 1 aliphatic heterocycles. The number of nitrogens with zero attached hydrogens (tertiary/aromatic N) is 2. The van der Waals surface area contributed by atoms with Crippen molar-refractivity contribution in [1.29, 1.82) is 0 Å². The maximum atomic E-state index is 12.3. The molecule has 1 aliphatic rings. The molecule has 5 nitrogen and oxygen atoms in total. The number of benzene rings is 2. The minimum atomic E-state index is -0.0356. The summed E-state index contributed by atoms with van der Waals surface area (Å²) in [5.74, 6) is 1.56. The fourth-order valence-corrected chi connectivity index (χ4v) is 3.14. The van der Waals surface area contributed by atoms with Crippen LogP contribution in [0.5, 0.6) is 5.75 Å². The number of ether oxygens (including phenoxy) is 1. The number of nitrogens with one attached hydrogen (secondary N) is 1. The van der Waals surface area contributed by atoms with Crippen molar-refractivity contribution in [1.82, 2.24) is 10.4 Å². The van der Waals surface area contributed by atoms with E-state index in [9.17, 15) is 4.79 Å². The third-order valence-electron chi connectivity index (χ3n) is 4.41. The Balaban J connectivity index is 1.56. The van der Waals surface area contributed by atoms with E-state index in [1.54, 1.807) is 7.11 Å². The van der Waals surface area contributed by atoms with E-state index >= 15 is 0 Å². The van der Waals surface area contributed by atoms with Crippen molar-refractivity contribution >= 4 is 22.6 Å². The molecule has 0 saturated carbocycles. The second-order valence-corrected chi connectivity index (χ2v) is 6.13. The molecule has 126 valence electrons. The second kappa shape index (κ2) is 6.43. The quantitative estimate of drug-likeness (QED) is 0.798. The van der Waals surface area contributed by atoms with Gasteiger partial charge in [0, 0.05) is 18.0 Å². The molecule has 3 aromatic rings. The molecule has 0 radical (unpaired) electrons. The van der Waals surface area contributed by atoms with E-state index in [4.69, 9.17) is 9.72 Å². The first-order chi connectivity index (χ1) is 12.2. The van der Waals surface area contributed by atoms with Crippen LogP contribution >= 0.6 is 0 Å². The highest BCUT2D eigenvalue weighted by Crippen LogP contribution is 2.29. The third kappa shape index (κ3) is 3.13. The Hall–Kier alpha value is -3.08. The molecule has 1 aromatic heterocycles. The van der Waals surface area contributed by atoms with Gasteiger partial charge in [0.15, 0.2) is 5.82 Å². The van der Waals surface area contributed by atoms with Crippen LogP contribution in [0.1, 0.15) is 11.1 Å². The molecule has 5 heteroatoms. The number of carbonyl (C=O) groups excluding carboxylic acids is 1. The maximum absolute atomic E-state index is 12.3. The maximum Gasteiger partial charge on any atom is 0.242 e. The Kier molecular flexibility index (Phi) is 3.98. The predicted molar refractivity (Wildman–Crippen MR) is 97.6 cm³/mol. The summed E-state index contributed by atoms with van der Waals surface area (Å²) in [6.07, 6.45) is 1.23. The molecule has 1 amide bonds. The summed E-state index contributed by atoms with van der Waals surface area (Å²) in [6.45, 7) is 0.732. The van der Waals surface area contributed by atoms with E-state index in [1.165, 1.54) is 0 Å². The number of hydrogen-bond acceptors (Lipinski definition) is 4. The Morgan fingerprint density at radius 1 is 1.20 bits per heavy atom. The monoisotopic (exact) mass is 333 g/mol. The van der Waals surface area contributed by atoms with Gasteiger partial charge in [-0.3, -0.25) is 15.2 Å². The lowest BCUT2D eigenvalue weighted by atomic mass is 10.1. The first-order valence-corrected chi connectivity index (χ1v) is 8.31. The topological polar surface area (TPSA) is 54.5 Å². The van der Waals surface area contributed by atoms with E-state index < -0.39 is 0 Å². The van der Waals surface area contributed by atoms with Crippen LogP contribution in [0.2, 0.25) is 0 Å². The number of fused-ring (bicyclic) bond motifs is 2. The molecule has 25 heavy (non-hydrogen) atoms. The van der Waals surface area contributed by atoms with Gasteiger partial charge in [-0.2, -0.15) is 0 Å². The summed E-state index contributed by atoms with van der Waals surface area (Å²) < 4.78 is 5.28. The van der Waals surface area contributed by atoms with Gasteiger partial charge >= 0.3 is 0 Å². The van der Waals surface area contributed by atoms with Crippen molar-refractivity contribution in [3.8, 4) is 5.75 Å². The number of methoxy groups -OCH3 is 1. The van der Waals surface area contributed by atoms with Crippen molar-refractivity contribution in [3.63, 3.8) is 0 Å². The smallest absolute Gasteiger partial charge is 0.242 e. The van der Waals surface area contributed by atoms with Crippen LogP contribution in [0.15, 0.2) is 54.6 Å². The zero-order valence-electron chi connectivity index (χ0n) is 14.0. The number of pyridine rings is 1. The van der Waals surface area contributed by atoms with Crippen molar-refractivity contribution in [2.45, 2.75) is 12.8 Å². The molecule has 0 fully saturated rings. The first-order valence-electron chi connectivity index (χ1n) is 8.31. The van der Waals surface area contributed by atoms with Crippen LogP contribution in [-0.2, 0) is 17.6 Å². The fourth-order valence-electron chi connectivity index (χ4n) is 3.14. The standard InChI is InChI=1S/C20H19N3O2/c1-25-17-8-7-15-12-16-9-10-23(20(16)21-18(15)13-17)22-19(24)11-14-5-3-2-4-6-14/h2-8,12-13H,9-11H2,1H3,(H,22,24). The van der Waals surface area contributed by atoms with Crippen molar-refractivity contribution in [2.75, 3.05) is 18.7 Å². The lowest BCUT2D eigenvalue weighted by Gasteiger charge is -2.19. The van der Waals surface area contributed by atoms with Gasteiger partial charge in [-0.1, -0.05) is 30.3 Å². The van der Waals surface area contributed by atoms with Gasteiger partial charge in [0.05, 0.1) is 19.0 Å². The van der Waals surface area contributed by atoms with E-state index in [0.717, 1.165) is 46.6 Å². The minimum absolute atomic E-state index is 0.0356. The molecule has 0 unspecified atom stereocenters. The summed E-state index contributed by atoms with van der Waals surface area (Å²) in [5.41, 5.74) is 5.99. The predicted octanol–water partition coefficient (Wildman–Crippen LogP) is 2.88. The van der Waals surface area contributed by atoms with E-state index in [0.29, 0.717) is 6.42 Å². The number of hydrogen-bond donors (Lipinski definition) is 1. The second-order valence-electron chi connectivity index (χ2n) is 6.13. The van der Waals surface area contributed by atoms with Crippen LogP contribution in [0.25, 0.3) is 10.9 Å². The van der Waals surface area contributed by atoms with Crippen LogP contribution in [0.4, 0.5) is 5.82 Å². The van der Waals surface area contributed by atoms with Gasteiger partial charge < -0.3 is 4.74 Å². The summed E-state index contributed by atoms with van der Waals surface area (Å²) >= 11 is 0. The number of aromatic nitrogens is 1. The molecule has 0 atom stereocenters. The number of anilines is 1. The molecular formula is C20H19N3O2. The van der Waals surface area contributed by atoms with Gasteiger partial charge in [0.25, 0.3) is 0 Å². The zero-order valence-corrected chi connectivity index (χ0v) is 14.0. The molecule has 2 heterocycles. The lowest BCUT2D eigenvalue weighted by molar-refractivity contribution is -0.120. The van der Waals surface area contributed by atoms with Gasteiger partial charge in [-0.05, 0) is 35.7 Å². The molecule has 0 aliphatic carbocycles. The normalized spacial score (nSPS) is 12.9. The third-order valence-corrected chi connectivity index (χ3v) is 4.41. The molecule has 0 spiro atoms. The molecule has 1 N–H and O–H groups in total. The minimum Gasteiger partial charge on any atom is -0.497 e. The molecule has 0 bridgehead atoms. The first kappa shape index (κ1) is 15.4. The van der Waals surface area contributed by atoms with Crippen LogP contribution < -0.4 is 15.2 Å². The Labute approximate surface area is 146 Å². The average Bonchev–Trinajstić information content (AvgIpc) is 3.01. The highest BCUT2D eigenvalue weighted by molar-refractivity contribution is 5.85. The fraction of sp³-hybridized carbons (Fsp3) is 0.200. The highest BCUT2D eigenvalue weighted by atomic mass is 16.5. The van der Waals surface area contributed by atoms with E-state index in [2.05, 4.69) is 11.5 Å². The van der Waals surface area contributed by atoms with Gasteiger partial charge in [0.2, 0.25) is 5.91 Å². The number of amides is 1. The van der Waals surface area contributed by atoms with Crippen LogP contribution in [0, 0.1) is 0 Å². The van der Waals surface area contributed by atoms with E-state index in [1.807, 2.05) is 53.5 Å². The van der Waals surface area contributed by atoms with Crippen molar-refractivity contribution in [3.05, 3.63) is 65.7 Å². The molecule has 0 saturated heterocycles. The van der Waals surface area contributed by atoms with Gasteiger partial charge in [-0.25, -0.2) is 4.98 Å². The SMILES string of the molecule is COc1ccc2cc3c(nc2c1)N(NC(=O)Cc1ccccc1)CC3. The van der Waals surface area contributed by atoms with Crippen LogP contribution in [-0.4, -0.2) is 24.5 Å². The van der Waals surface area contributed by atoms with Gasteiger partial charge in [0.1, 0.15) is 5.75 Å². The largest absolute Gasteiger partial charge is 0.497 e. The molecule has 2 aromatic carbocycles. The number of rotatable bonds is 4. The lowest BCUT2D eigenvalue weighted by Crippen LogP contribution is -2.42. The van der Waals surface area contributed by atoms with Crippen LogP contribution in [0.3, 0.4) is 0 Å². The summed E-state index contributed by atoms with van der Waals surface area (Å²) in [5, 5.41) is 2.93. The summed E-state index contributed by atoms with van der Waals surface area (Å²) in [4.78, 5) is 17.1. The Bertz CT molecular complexity index is 925.